The zero-order valence-electron chi connectivity index (χ0n) is 24.6. The second-order valence-electron chi connectivity index (χ2n) is 11.4. The smallest absolute Gasteiger partial charge is 0.338 e. The lowest BCUT2D eigenvalue weighted by atomic mass is 9.98. The molecule has 0 saturated carbocycles. The van der Waals surface area contributed by atoms with E-state index < -0.39 is 0 Å². The van der Waals surface area contributed by atoms with Gasteiger partial charge in [0.05, 0.1) is 36.9 Å². The van der Waals surface area contributed by atoms with Gasteiger partial charge in [0, 0.05) is 30.0 Å². The number of esters is 1. The molecule has 0 bridgehead atoms. The normalized spacial score (nSPS) is 16.0. The number of hydrogen-bond acceptors (Lipinski definition) is 8. The van der Waals surface area contributed by atoms with Crippen molar-refractivity contribution in [3.8, 4) is 5.75 Å². The monoisotopic (exact) mass is 556 g/mol. The van der Waals surface area contributed by atoms with Gasteiger partial charge in [0.2, 0.25) is 0 Å². The Morgan fingerprint density at radius 2 is 1.93 bits per heavy atom. The van der Waals surface area contributed by atoms with Crippen molar-refractivity contribution in [2.75, 3.05) is 37.4 Å². The van der Waals surface area contributed by atoms with Crippen LogP contribution in [0.2, 0.25) is 0 Å². The molecule has 0 amide bonds. The Morgan fingerprint density at radius 3 is 2.66 bits per heavy atom. The van der Waals surface area contributed by atoms with Gasteiger partial charge in [-0.15, -0.1) is 0 Å². The average molecular weight is 557 g/mol. The zero-order chi connectivity index (χ0) is 29.0. The topological polar surface area (TPSA) is 93.5 Å². The number of fused-ring (bicyclic) bond motifs is 1. The minimum absolute atomic E-state index is 0.106. The van der Waals surface area contributed by atoms with Gasteiger partial charge in [0.25, 0.3) is 0 Å². The first-order valence-corrected chi connectivity index (χ1v) is 14.3. The molecule has 3 heterocycles. The number of piperidine rings is 1. The molecule has 9 heteroatoms. The maximum Gasteiger partial charge on any atom is 0.338 e. The SMILES string of the molecule is CCOC(=O)c1cccc(Nc2ccnc3c2c(NC2CCCN(C(C)(C)C)C2)nn3Cc2ccc(OC)cc2)c1. The molecule has 2 aromatic carbocycles. The summed E-state index contributed by atoms with van der Waals surface area (Å²) in [6.45, 7) is 11.5. The number of rotatable bonds is 9. The highest BCUT2D eigenvalue weighted by Crippen LogP contribution is 2.33. The number of nitrogens with zero attached hydrogens (tertiary/aromatic N) is 4. The maximum absolute atomic E-state index is 12.4. The predicted octanol–water partition coefficient (Wildman–Crippen LogP) is 6.08. The van der Waals surface area contributed by atoms with E-state index in [0.29, 0.717) is 18.7 Å². The quantitative estimate of drug-likeness (QED) is 0.240. The minimum Gasteiger partial charge on any atom is -0.497 e. The van der Waals surface area contributed by atoms with E-state index in [1.165, 1.54) is 0 Å². The summed E-state index contributed by atoms with van der Waals surface area (Å²) in [6.07, 6.45) is 3.99. The van der Waals surface area contributed by atoms with Gasteiger partial charge >= 0.3 is 5.97 Å². The van der Waals surface area contributed by atoms with Crippen molar-refractivity contribution >= 4 is 34.2 Å². The zero-order valence-corrected chi connectivity index (χ0v) is 24.6. The number of anilines is 3. The maximum atomic E-state index is 12.4. The number of pyridine rings is 1. The van der Waals surface area contributed by atoms with E-state index in [1.807, 2.05) is 53.2 Å². The number of carbonyl (C=O) groups excluding carboxylic acids is 1. The first-order valence-electron chi connectivity index (χ1n) is 14.3. The summed E-state index contributed by atoms with van der Waals surface area (Å²) < 4.78 is 12.5. The highest BCUT2D eigenvalue weighted by molar-refractivity contribution is 6.00. The minimum atomic E-state index is -0.341. The Kier molecular flexibility index (Phi) is 8.44. The Balaban J connectivity index is 1.51. The number of benzene rings is 2. The molecule has 1 aliphatic rings. The van der Waals surface area contributed by atoms with Gasteiger partial charge in [0.1, 0.15) is 5.75 Å². The summed E-state index contributed by atoms with van der Waals surface area (Å²) >= 11 is 0. The fraction of sp³-hybridized carbons (Fsp3) is 0.406. The summed E-state index contributed by atoms with van der Waals surface area (Å²) in [5, 5.41) is 13.3. The highest BCUT2D eigenvalue weighted by Gasteiger charge is 2.29. The van der Waals surface area contributed by atoms with Gasteiger partial charge in [-0.3, -0.25) is 4.90 Å². The van der Waals surface area contributed by atoms with Crippen molar-refractivity contribution in [3.05, 3.63) is 71.9 Å². The lowest BCUT2D eigenvalue weighted by Crippen LogP contribution is -2.50. The predicted molar refractivity (Wildman–Crippen MR) is 163 cm³/mol. The fourth-order valence-electron chi connectivity index (χ4n) is 5.31. The first-order chi connectivity index (χ1) is 19.7. The molecule has 0 spiro atoms. The average Bonchev–Trinajstić information content (AvgIpc) is 3.31. The largest absolute Gasteiger partial charge is 0.497 e. The lowest BCUT2D eigenvalue weighted by Gasteiger charge is -2.41. The summed E-state index contributed by atoms with van der Waals surface area (Å²) in [5.74, 6) is 1.27. The Hall–Kier alpha value is -4.11. The van der Waals surface area contributed by atoms with E-state index in [4.69, 9.17) is 19.6 Å². The Bertz CT molecular complexity index is 1490. The third-order valence-corrected chi connectivity index (χ3v) is 7.49. The van der Waals surface area contributed by atoms with E-state index in [1.54, 1.807) is 26.3 Å². The van der Waals surface area contributed by atoms with E-state index in [2.05, 4.69) is 36.3 Å². The van der Waals surface area contributed by atoms with Crippen LogP contribution in [0.4, 0.5) is 17.2 Å². The fourth-order valence-corrected chi connectivity index (χ4v) is 5.31. The van der Waals surface area contributed by atoms with E-state index >= 15 is 0 Å². The molecule has 2 N–H and O–H groups in total. The molecule has 0 aliphatic carbocycles. The van der Waals surface area contributed by atoms with Crippen LogP contribution in [0.5, 0.6) is 5.75 Å². The molecule has 0 radical (unpaired) electrons. The third kappa shape index (κ3) is 6.62. The van der Waals surface area contributed by atoms with E-state index in [9.17, 15) is 4.79 Å². The van der Waals surface area contributed by atoms with Crippen LogP contribution in [0.1, 0.15) is 56.5 Å². The number of carbonyl (C=O) groups is 1. The van der Waals surface area contributed by atoms with Crippen molar-refractivity contribution in [1.82, 2.24) is 19.7 Å². The van der Waals surface area contributed by atoms with Crippen LogP contribution in [0, 0.1) is 0 Å². The van der Waals surface area contributed by atoms with Crippen molar-refractivity contribution in [3.63, 3.8) is 0 Å². The molecule has 2 aromatic heterocycles. The molecule has 5 rings (SSSR count). The standard InChI is InChI=1S/C32H40N6O3/c1-6-41-31(39)23-9-7-10-24(19-23)34-27-16-17-33-30-28(27)29(35-25-11-8-18-37(21-25)32(2,3)4)36-38(30)20-22-12-14-26(40-5)15-13-22/h7,9-10,12-17,19,25H,6,8,11,18,20-21H2,1-5H3,(H,33,34)(H,35,36). The Labute approximate surface area is 241 Å². The second kappa shape index (κ2) is 12.2. The van der Waals surface area contributed by atoms with Gasteiger partial charge in [-0.1, -0.05) is 18.2 Å². The molecule has 1 saturated heterocycles. The van der Waals surface area contributed by atoms with Crippen LogP contribution in [0.3, 0.4) is 0 Å². The van der Waals surface area contributed by atoms with Crippen LogP contribution < -0.4 is 15.4 Å². The molecule has 1 aliphatic heterocycles. The number of aromatic nitrogens is 3. The number of nitrogens with one attached hydrogen (secondary N) is 2. The van der Waals surface area contributed by atoms with Crippen LogP contribution in [0.15, 0.2) is 60.8 Å². The summed E-state index contributed by atoms with van der Waals surface area (Å²) in [7, 11) is 1.67. The number of methoxy groups -OCH3 is 1. The summed E-state index contributed by atoms with van der Waals surface area (Å²) in [5.41, 5.74) is 4.13. The summed E-state index contributed by atoms with van der Waals surface area (Å²) in [6, 6.07) is 17.6. The van der Waals surface area contributed by atoms with Gasteiger partial charge in [-0.25, -0.2) is 14.5 Å². The molecule has 41 heavy (non-hydrogen) atoms. The van der Waals surface area contributed by atoms with Crippen LogP contribution in [0.25, 0.3) is 11.0 Å². The molecule has 216 valence electrons. The van der Waals surface area contributed by atoms with Crippen molar-refractivity contribution in [2.45, 2.75) is 58.7 Å². The number of hydrogen-bond donors (Lipinski definition) is 2. The van der Waals surface area contributed by atoms with Crippen molar-refractivity contribution in [1.29, 1.82) is 0 Å². The van der Waals surface area contributed by atoms with Crippen molar-refractivity contribution in [2.24, 2.45) is 0 Å². The molecular formula is C32H40N6O3. The molecular weight excluding hydrogens is 516 g/mol. The molecule has 1 atom stereocenters. The van der Waals surface area contributed by atoms with E-state index in [-0.39, 0.29) is 17.6 Å². The summed E-state index contributed by atoms with van der Waals surface area (Å²) in [4.78, 5) is 19.6. The van der Waals surface area contributed by atoms with Crippen molar-refractivity contribution < 1.29 is 14.3 Å². The van der Waals surface area contributed by atoms with Gasteiger partial charge in [-0.05, 0) is 89.0 Å². The van der Waals surface area contributed by atoms with Crippen LogP contribution >= 0.6 is 0 Å². The van der Waals surface area contributed by atoms with Gasteiger partial charge < -0.3 is 20.1 Å². The molecule has 9 nitrogen and oxygen atoms in total. The first kappa shape index (κ1) is 28.4. The van der Waals surface area contributed by atoms with E-state index in [0.717, 1.165) is 65.5 Å². The van der Waals surface area contributed by atoms with Crippen LogP contribution in [-0.2, 0) is 11.3 Å². The second-order valence-corrected chi connectivity index (χ2v) is 11.4. The third-order valence-electron chi connectivity index (χ3n) is 7.49. The lowest BCUT2D eigenvalue weighted by molar-refractivity contribution is 0.0526. The molecule has 4 aromatic rings. The molecule has 1 fully saturated rings. The van der Waals surface area contributed by atoms with Gasteiger partial charge in [0.15, 0.2) is 11.5 Å². The molecule has 1 unspecified atom stereocenters. The van der Waals surface area contributed by atoms with Crippen LogP contribution in [-0.4, -0.2) is 64.0 Å². The number of ether oxygens (including phenoxy) is 2. The van der Waals surface area contributed by atoms with Gasteiger partial charge in [-0.2, -0.15) is 5.10 Å². The highest BCUT2D eigenvalue weighted by atomic mass is 16.5. The number of likely N-dealkylation sites (tertiary alicyclic amines) is 1. The Morgan fingerprint density at radius 1 is 1.12 bits per heavy atom.